The van der Waals surface area contributed by atoms with Crippen LogP contribution in [0, 0.1) is 12.3 Å². The highest BCUT2D eigenvalue weighted by atomic mass is 79.9. The van der Waals surface area contributed by atoms with Crippen LogP contribution in [0.1, 0.15) is 48.6 Å². The van der Waals surface area contributed by atoms with Gasteiger partial charge in [-0.25, -0.2) is 15.0 Å². The number of aromatic nitrogens is 6. The predicted octanol–water partition coefficient (Wildman–Crippen LogP) is 3.41. The maximum absolute atomic E-state index is 14.0. The van der Waals surface area contributed by atoms with E-state index in [0.717, 1.165) is 25.1 Å². The number of likely N-dealkylation sites (tertiary alicyclic amines) is 1. The van der Waals surface area contributed by atoms with Gasteiger partial charge in [0.2, 0.25) is 11.8 Å². The first-order chi connectivity index (χ1) is 22.1. The van der Waals surface area contributed by atoms with Crippen molar-refractivity contribution in [3.8, 4) is 11.3 Å². The molecule has 3 fully saturated rings. The molecule has 4 aromatic heterocycles. The van der Waals surface area contributed by atoms with Crippen molar-refractivity contribution in [2.45, 2.75) is 58.8 Å². The number of amides is 2. The summed E-state index contributed by atoms with van der Waals surface area (Å²) in [7, 11) is 0. The third kappa shape index (κ3) is 5.80. The summed E-state index contributed by atoms with van der Waals surface area (Å²) in [4.78, 5) is 62.1. The average Bonchev–Trinajstić information content (AvgIpc) is 3.40. The Kier molecular flexibility index (Phi) is 7.89. The molecule has 3 aliphatic rings. The third-order valence-corrected chi connectivity index (χ3v) is 9.68. The lowest BCUT2D eigenvalue weighted by atomic mass is 10.0. The van der Waals surface area contributed by atoms with Crippen molar-refractivity contribution in [3.05, 3.63) is 58.5 Å². The lowest BCUT2D eigenvalue weighted by Gasteiger charge is -2.28. The number of hydrogen-bond donors (Lipinski definition) is 1. The molecule has 6 heterocycles. The first-order valence-electron chi connectivity index (χ1n) is 15.3. The van der Waals surface area contributed by atoms with E-state index in [0.29, 0.717) is 64.6 Å². The van der Waals surface area contributed by atoms with Crippen LogP contribution in [0.3, 0.4) is 0 Å². The smallest absolute Gasteiger partial charge is 0.248 e. The monoisotopic (exact) mass is 687 g/mol. The van der Waals surface area contributed by atoms with Crippen LogP contribution in [0.5, 0.6) is 0 Å². The molecule has 1 aliphatic carbocycles. The van der Waals surface area contributed by atoms with Crippen LogP contribution >= 0.6 is 15.9 Å². The maximum Gasteiger partial charge on any atom is 0.248 e. The third-order valence-electron chi connectivity index (χ3n) is 9.24. The number of carbonyl (C=O) groups excluding carboxylic acids is 3. The van der Waals surface area contributed by atoms with Crippen LogP contribution in [0.25, 0.3) is 22.2 Å². The first-order valence-corrected chi connectivity index (χ1v) is 16.1. The highest BCUT2D eigenvalue weighted by molar-refractivity contribution is 9.10. The van der Waals surface area contributed by atoms with E-state index in [2.05, 4.69) is 58.1 Å². The number of morpholine rings is 1. The molecule has 2 aliphatic heterocycles. The molecule has 0 spiro atoms. The average molecular weight is 689 g/mol. The zero-order valence-electron chi connectivity index (χ0n) is 25.9. The molecule has 7 rings (SSSR count). The van der Waals surface area contributed by atoms with E-state index in [9.17, 15) is 14.4 Å². The molecule has 238 valence electrons. The molecule has 46 heavy (non-hydrogen) atoms. The summed E-state index contributed by atoms with van der Waals surface area (Å²) < 4.78 is 7.61. The highest BCUT2D eigenvalue weighted by Gasteiger charge is 2.64. The summed E-state index contributed by atoms with van der Waals surface area (Å²) >= 11 is 3.44. The Morgan fingerprint density at radius 1 is 1.09 bits per heavy atom. The standard InChI is InChI=1S/C32H34BrN9O4/c1-18(43)29-22-10-23(21-13-34-19(2)35-14-21)36-15-25(22)41(39-29)17-28(44)42-24(11-32(3)12-26(32)42)31(45)38-30-20(4-5-27(33)37-30)16-40-6-8-46-9-7-40/h4-5,10,13-15,24,26H,6-9,11-12,16-17H2,1-3H3,(H,37,38,45)/t24-,26+,32-/m0/s1. The number of hydrogen-bond acceptors (Lipinski definition) is 10. The van der Waals surface area contributed by atoms with Crippen molar-refractivity contribution in [3.63, 3.8) is 0 Å². The van der Waals surface area contributed by atoms with Gasteiger partial charge in [0.25, 0.3) is 0 Å². The summed E-state index contributed by atoms with van der Waals surface area (Å²) in [5.74, 6) is 0.391. The lowest BCUT2D eigenvalue weighted by molar-refractivity contribution is -0.138. The van der Waals surface area contributed by atoms with Gasteiger partial charge in [0.05, 0.1) is 30.6 Å². The summed E-state index contributed by atoms with van der Waals surface area (Å²) in [6.45, 7) is 8.81. The number of rotatable bonds is 8. The van der Waals surface area contributed by atoms with Crippen molar-refractivity contribution >= 4 is 50.2 Å². The number of aryl methyl sites for hydroxylation is 1. The van der Waals surface area contributed by atoms with Crippen molar-refractivity contribution in [2.24, 2.45) is 5.41 Å². The Morgan fingerprint density at radius 2 is 1.85 bits per heavy atom. The van der Waals surface area contributed by atoms with Crippen molar-refractivity contribution in [1.29, 1.82) is 0 Å². The first kappa shape index (κ1) is 30.5. The predicted molar refractivity (Wildman–Crippen MR) is 172 cm³/mol. The van der Waals surface area contributed by atoms with Crippen LogP contribution in [-0.4, -0.2) is 95.5 Å². The Morgan fingerprint density at radius 3 is 2.59 bits per heavy atom. The minimum atomic E-state index is -0.659. The summed E-state index contributed by atoms with van der Waals surface area (Å²) in [6, 6.07) is 4.90. The summed E-state index contributed by atoms with van der Waals surface area (Å²) in [6.07, 6.45) is 6.37. The number of Topliss-reactive ketones (excluding diaryl/α,β-unsaturated/α-hetero) is 1. The Labute approximate surface area is 273 Å². The van der Waals surface area contributed by atoms with Gasteiger partial charge in [0, 0.05) is 61.5 Å². The number of fused-ring (bicyclic) bond motifs is 2. The number of halogens is 1. The maximum atomic E-state index is 14.0. The van der Waals surface area contributed by atoms with E-state index in [1.54, 1.807) is 36.5 Å². The normalized spacial score (nSPS) is 22.6. The number of nitrogens with one attached hydrogen (secondary N) is 1. The number of carbonyl (C=O) groups is 3. The molecule has 0 aromatic carbocycles. The molecule has 2 saturated heterocycles. The molecule has 13 nitrogen and oxygen atoms in total. The molecule has 1 saturated carbocycles. The second-order valence-corrected chi connectivity index (χ2v) is 13.4. The fourth-order valence-corrected chi connectivity index (χ4v) is 6.91. The van der Waals surface area contributed by atoms with Gasteiger partial charge < -0.3 is 15.0 Å². The zero-order chi connectivity index (χ0) is 32.2. The van der Waals surface area contributed by atoms with Gasteiger partial charge in [-0.1, -0.05) is 13.0 Å². The van der Waals surface area contributed by atoms with Gasteiger partial charge >= 0.3 is 0 Å². The molecule has 0 unspecified atom stereocenters. The minimum absolute atomic E-state index is 0.0422. The van der Waals surface area contributed by atoms with Crippen molar-refractivity contribution in [1.82, 2.24) is 39.5 Å². The SMILES string of the molecule is CC(=O)c1nn(CC(=O)N2[C@H](C(=O)Nc3nc(Br)ccc3CN3CCOCC3)C[C@@]3(C)C[C@@H]23)c2cnc(-c3cnc(C)nc3)cc12. The summed E-state index contributed by atoms with van der Waals surface area (Å²) in [5, 5.41) is 8.17. The van der Waals surface area contributed by atoms with E-state index >= 15 is 0 Å². The molecule has 14 heteroatoms. The van der Waals surface area contributed by atoms with Crippen LogP contribution in [0.4, 0.5) is 5.82 Å². The van der Waals surface area contributed by atoms with E-state index in [-0.39, 0.29) is 41.3 Å². The number of pyridine rings is 2. The minimum Gasteiger partial charge on any atom is -0.379 e. The van der Waals surface area contributed by atoms with Crippen molar-refractivity contribution in [2.75, 3.05) is 31.6 Å². The number of nitrogens with zero attached hydrogens (tertiary/aromatic N) is 8. The van der Waals surface area contributed by atoms with E-state index in [1.165, 1.54) is 11.6 Å². The van der Waals surface area contributed by atoms with Crippen molar-refractivity contribution < 1.29 is 19.1 Å². The van der Waals surface area contributed by atoms with Crippen LogP contribution in [0.15, 0.2) is 41.4 Å². The zero-order valence-corrected chi connectivity index (χ0v) is 27.5. The molecule has 2 amide bonds. The number of ether oxygens (including phenoxy) is 1. The van der Waals surface area contributed by atoms with Gasteiger partial charge in [0.1, 0.15) is 34.5 Å². The van der Waals surface area contributed by atoms with Gasteiger partial charge in [-0.2, -0.15) is 5.10 Å². The second-order valence-electron chi connectivity index (χ2n) is 12.6. The van der Waals surface area contributed by atoms with Gasteiger partial charge in [-0.3, -0.25) is 28.9 Å². The van der Waals surface area contributed by atoms with Crippen LogP contribution in [-0.2, 0) is 27.4 Å². The van der Waals surface area contributed by atoms with E-state index in [1.807, 2.05) is 12.1 Å². The number of piperidine rings is 1. The second kappa shape index (κ2) is 11.9. The lowest BCUT2D eigenvalue weighted by Crippen LogP contribution is -2.47. The topological polar surface area (TPSA) is 148 Å². The molecule has 4 aromatic rings. The highest BCUT2D eigenvalue weighted by Crippen LogP contribution is 2.59. The number of anilines is 1. The Balaban J connectivity index is 1.13. The molecule has 0 radical (unpaired) electrons. The number of ketones is 1. The molecular formula is C32H34BrN9O4. The Bertz CT molecular complexity index is 1860. The molecular weight excluding hydrogens is 654 g/mol. The molecule has 3 atom stereocenters. The fourth-order valence-electron chi connectivity index (χ4n) is 6.61. The quantitative estimate of drug-likeness (QED) is 0.216. The van der Waals surface area contributed by atoms with Crippen LogP contribution in [0.2, 0.25) is 0 Å². The van der Waals surface area contributed by atoms with Gasteiger partial charge in [-0.15, -0.1) is 0 Å². The van der Waals surface area contributed by atoms with E-state index < -0.39 is 6.04 Å². The van der Waals surface area contributed by atoms with Gasteiger partial charge in [0.15, 0.2) is 5.78 Å². The van der Waals surface area contributed by atoms with E-state index in [4.69, 9.17) is 4.74 Å². The fraction of sp³-hybridized carbons (Fsp3) is 0.438. The van der Waals surface area contributed by atoms with Gasteiger partial charge in [-0.05, 0) is 53.2 Å². The Hall–Kier alpha value is -4.14. The molecule has 0 bridgehead atoms. The molecule has 1 N–H and O–H groups in total. The largest absolute Gasteiger partial charge is 0.379 e. The summed E-state index contributed by atoms with van der Waals surface area (Å²) in [5.41, 5.74) is 2.88. The van der Waals surface area contributed by atoms with Crippen LogP contribution < -0.4 is 5.32 Å².